The van der Waals surface area contributed by atoms with Gasteiger partial charge in [0.2, 0.25) is 0 Å². The number of aryl methyl sites for hydroxylation is 1. The Morgan fingerprint density at radius 2 is 2.19 bits per heavy atom. The molecule has 5 heteroatoms. The van der Waals surface area contributed by atoms with E-state index in [0.717, 1.165) is 9.88 Å². The van der Waals surface area contributed by atoms with Crippen LogP contribution in [0, 0.1) is 6.92 Å². The van der Waals surface area contributed by atoms with E-state index in [2.05, 4.69) is 4.98 Å². The lowest BCUT2D eigenvalue weighted by atomic mass is 10.4. The SMILES string of the molecule is Cc1ncc(Cn2ccn(C(C)C)c2=O)s1. The van der Waals surface area contributed by atoms with Gasteiger partial charge in [-0.1, -0.05) is 0 Å². The first-order chi connectivity index (χ1) is 7.58. The number of nitrogens with zero attached hydrogens (tertiary/aromatic N) is 3. The Balaban J connectivity index is 2.26. The van der Waals surface area contributed by atoms with Crippen molar-refractivity contribution in [2.45, 2.75) is 33.4 Å². The summed E-state index contributed by atoms with van der Waals surface area (Å²) in [5.74, 6) is 0. The van der Waals surface area contributed by atoms with Crippen molar-refractivity contribution in [3.8, 4) is 0 Å². The molecule has 0 fully saturated rings. The number of hydrogen-bond acceptors (Lipinski definition) is 3. The minimum Gasteiger partial charge on any atom is -0.297 e. The maximum atomic E-state index is 11.9. The van der Waals surface area contributed by atoms with Crippen LogP contribution in [0.4, 0.5) is 0 Å². The monoisotopic (exact) mass is 237 g/mol. The van der Waals surface area contributed by atoms with Crippen LogP contribution in [0.15, 0.2) is 23.4 Å². The van der Waals surface area contributed by atoms with Crippen molar-refractivity contribution in [1.82, 2.24) is 14.1 Å². The van der Waals surface area contributed by atoms with Gasteiger partial charge >= 0.3 is 5.69 Å². The van der Waals surface area contributed by atoms with Gasteiger partial charge in [-0.15, -0.1) is 11.3 Å². The molecule has 2 aromatic rings. The van der Waals surface area contributed by atoms with Gasteiger partial charge in [0.05, 0.1) is 11.6 Å². The lowest BCUT2D eigenvalue weighted by Crippen LogP contribution is -2.25. The van der Waals surface area contributed by atoms with E-state index in [-0.39, 0.29) is 11.7 Å². The minimum absolute atomic E-state index is 0.0426. The van der Waals surface area contributed by atoms with Gasteiger partial charge in [-0.25, -0.2) is 9.78 Å². The maximum absolute atomic E-state index is 11.9. The van der Waals surface area contributed by atoms with E-state index in [9.17, 15) is 4.79 Å². The van der Waals surface area contributed by atoms with Crippen LogP contribution in [-0.2, 0) is 6.54 Å². The fraction of sp³-hybridized carbons (Fsp3) is 0.455. The van der Waals surface area contributed by atoms with Gasteiger partial charge < -0.3 is 0 Å². The molecule has 2 rings (SSSR count). The summed E-state index contributed by atoms with van der Waals surface area (Å²) < 4.78 is 3.45. The highest BCUT2D eigenvalue weighted by atomic mass is 32.1. The molecular weight excluding hydrogens is 222 g/mol. The zero-order chi connectivity index (χ0) is 11.7. The fourth-order valence-corrected chi connectivity index (χ4v) is 2.38. The van der Waals surface area contributed by atoms with Gasteiger partial charge in [0.25, 0.3) is 0 Å². The number of imidazole rings is 1. The van der Waals surface area contributed by atoms with Crippen LogP contribution in [-0.4, -0.2) is 14.1 Å². The Hall–Kier alpha value is -1.36. The summed E-state index contributed by atoms with van der Waals surface area (Å²) in [6.07, 6.45) is 5.50. The predicted octanol–water partition coefficient (Wildman–Crippen LogP) is 2.04. The number of thiazole rings is 1. The van der Waals surface area contributed by atoms with Crippen LogP contribution >= 0.6 is 11.3 Å². The number of rotatable bonds is 3. The molecule has 16 heavy (non-hydrogen) atoms. The first-order valence-corrected chi connectivity index (χ1v) is 6.08. The van der Waals surface area contributed by atoms with Gasteiger partial charge in [-0.3, -0.25) is 9.13 Å². The van der Waals surface area contributed by atoms with E-state index < -0.39 is 0 Å². The average Bonchev–Trinajstić information content (AvgIpc) is 2.76. The zero-order valence-corrected chi connectivity index (χ0v) is 10.5. The molecule has 2 heterocycles. The van der Waals surface area contributed by atoms with Crippen molar-refractivity contribution in [2.24, 2.45) is 0 Å². The molecule has 0 aliphatic heterocycles. The minimum atomic E-state index is 0.0426. The topological polar surface area (TPSA) is 39.8 Å². The van der Waals surface area contributed by atoms with Crippen LogP contribution < -0.4 is 5.69 Å². The van der Waals surface area contributed by atoms with Crippen LogP contribution in [0.25, 0.3) is 0 Å². The molecule has 0 amide bonds. The summed E-state index contributed by atoms with van der Waals surface area (Å²) in [4.78, 5) is 17.2. The fourth-order valence-electron chi connectivity index (χ4n) is 1.59. The Bertz CT molecular complexity index is 535. The van der Waals surface area contributed by atoms with E-state index >= 15 is 0 Å². The lowest BCUT2D eigenvalue weighted by molar-refractivity contribution is 0.562. The van der Waals surface area contributed by atoms with Crippen molar-refractivity contribution in [2.75, 3.05) is 0 Å². The standard InChI is InChI=1S/C11H15N3OS/c1-8(2)14-5-4-13(11(14)15)7-10-6-12-9(3)16-10/h4-6,8H,7H2,1-3H3. The van der Waals surface area contributed by atoms with Crippen LogP contribution in [0.2, 0.25) is 0 Å². The van der Waals surface area contributed by atoms with E-state index in [4.69, 9.17) is 0 Å². The van der Waals surface area contributed by atoms with E-state index in [0.29, 0.717) is 6.54 Å². The van der Waals surface area contributed by atoms with Crippen molar-refractivity contribution in [3.05, 3.63) is 39.0 Å². The van der Waals surface area contributed by atoms with Crippen molar-refractivity contribution in [1.29, 1.82) is 0 Å². The molecule has 4 nitrogen and oxygen atoms in total. The highest BCUT2D eigenvalue weighted by Gasteiger charge is 2.07. The summed E-state index contributed by atoms with van der Waals surface area (Å²) in [5.41, 5.74) is 0.0426. The first-order valence-electron chi connectivity index (χ1n) is 5.26. The third-order valence-electron chi connectivity index (χ3n) is 2.43. The molecule has 86 valence electrons. The molecular formula is C11H15N3OS. The molecule has 0 unspecified atom stereocenters. The van der Waals surface area contributed by atoms with E-state index in [1.807, 2.05) is 39.4 Å². The second-order valence-corrected chi connectivity index (χ2v) is 5.37. The summed E-state index contributed by atoms with van der Waals surface area (Å²) in [6.45, 7) is 6.59. The molecule has 0 saturated heterocycles. The third kappa shape index (κ3) is 2.09. The second kappa shape index (κ2) is 4.25. The Kier molecular flexibility index (Phi) is 2.96. The van der Waals surface area contributed by atoms with Crippen LogP contribution in [0.1, 0.15) is 29.8 Å². The largest absolute Gasteiger partial charge is 0.328 e. The van der Waals surface area contributed by atoms with Crippen molar-refractivity contribution >= 4 is 11.3 Å². The summed E-state index contributed by atoms with van der Waals surface area (Å²) in [6, 6.07) is 0.206. The highest BCUT2D eigenvalue weighted by Crippen LogP contribution is 2.12. The first kappa shape index (κ1) is 11.1. The summed E-state index contributed by atoms with van der Waals surface area (Å²) >= 11 is 1.63. The zero-order valence-electron chi connectivity index (χ0n) is 9.67. The lowest BCUT2D eigenvalue weighted by Gasteiger charge is -2.04. The predicted molar refractivity (Wildman–Crippen MR) is 65.0 cm³/mol. The maximum Gasteiger partial charge on any atom is 0.328 e. The van der Waals surface area contributed by atoms with E-state index in [1.165, 1.54) is 0 Å². The van der Waals surface area contributed by atoms with E-state index in [1.54, 1.807) is 20.5 Å². The molecule has 2 aromatic heterocycles. The molecule has 0 bridgehead atoms. The van der Waals surface area contributed by atoms with Gasteiger partial charge in [0.15, 0.2) is 0 Å². The van der Waals surface area contributed by atoms with Gasteiger partial charge in [0, 0.05) is 29.5 Å². The van der Waals surface area contributed by atoms with Crippen molar-refractivity contribution < 1.29 is 0 Å². The molecule has 0 aliphatic carbocycles. The Morgan fingerprint density at radius 3 is 2.69 bits per heavy atom. The smallest absolute Gasteiger partial charge is 0.297 e. The van der Waals surface area contributed by atoms with Gasteiger partial charge in [-0.2, -0.15) is 0 Å². The molecule has 0 N–H and O–H groups in total. The van der Waals surface area contributed by atoms with Crippen molar-refractivity contribution in [3.63, 3.8) is 0 Å². The quantitative estimate of drug-likeness (QED) is 0.819. The summed E-state index contributed by atoms with van der Waals surface area (Å²) in [5, 5.41) is 1.03. The number of hydrogen-bond donors (Lipinski definition) is 0. The van der Waals surface area contributed by atoms with Crippen LogP contribution in [0.5, 0.6) is 0 Å². The molecule has 0 atom stereocenters. The third-order valence-corrected chi connectivity index (χ3v) is 3.32. The normalized spacial score (nSPS) is 11.2. The Morgan fingerprint density at radius 1 is 1.44 bits per heavy atom. The highest BCUT2D eigenvalue weighted by molar-refractivity contribution is 7.11. The Labute approximate surface area is 98.2 Å². The average molecular weight is 237 g/mol. The molecule has 0 radical (unpaired) electrons. The van der Waals surface area contributed by atoms with Gasteiger partial charge in [-0.05, 0) is 20.8 Å². The summed E-state index contributed by atoms with van der Waals surface area (Å²) in [7, 11) is 0. The molecule has 0 aliphatic rings. The molecule has 0 aromatic carbocycles. The number of aromatic nitrogens is 3. The molecule has 0 spiro atoms. The van der Waals surface area contributed by atoms with Gasteiger partial charge in [0.1, 0.15) is 0 Å². The van der Waals surface area contributed by atoms with Crippen LogP contribution in [0.3, 0.4) is 0 Å². The molecule has 0 saturated carbocycles. The second-order valence-electron chi connectivity index (χ2n) is 4.06.